The van der Waals surface area contributed by atoms with Crippen molar-refractivity contribution in [3.05, 3.63) is 29.3 Å². The van der Waals surface area contributed by atoms with E-state index in [4.69, 9.17) is 10.4 Å². The third kappa shape index (κ3) is 1.27. The third-order valence-electron chi connectivity index (χ3n) is 2.68. The van der Waals surface area contributed by atoms with Crippen LogP contribution < -0.4 is 11.2 Å². The maximum atomic E-state index is 9.67. The average Bonchev–Trinajstić information content (AvgIpc) is 2.38. The predicted molar refractivity (Wildman–Crippen MR) is 56.1 cm³/mol. The van der Waals surface area contributed by atoms with Crippen LogP contribution in [0.25, 0.3) is 0 Å². The topological polar surface area (TPSA) is 55.5 Å². The number of hydrogen-bond donors (Lipinski definition) is 2. The van der Waals surface area contributed by atoms with Gasteiger partial charge in [0.15, 0.2) is 0 Å². The second-order valence-electron chi connectivity index (χ2n) is 4.07. The van der Waals surface area contributed by atoms with Crippen LogP contribution in [-0.2, 0) is 16.8 Å². The Morgan fingerprint density at radius 1 is 1.50 bits per heavy atom. The molecule has 1 aromatic carbocycles. The highest BCUT2D eigenvalue weighted by atomic mass is 16.5. The molecule has 2 rings (SSSR count). The monoisotopic (exact) mass is 191 g/mol. The van der Waals surface area contributed by atoms with Crippen molar-refractivity contribution in [2.45, 2.75) is 26.0 Å². The van der Waals surface area contributed by atoms with Crippen LogP contribution in [0.15, 0.2) is 18.2 Å². The van der Waals surface area contributed by atoms with Gasteiger partial charge in [0.1, 0.15) is 0 Å². The van der Waals surface area contributed by atoms with E-state index in [1.807, 2.05) is 32.0 Å². The Morgan fingerprint density at radius 3 is 2.86 bits per heavy atom. The molecular weight excluding hydrogens is 177 g/mol. The highest BCUT2D eigenvalue weighted by Gasteiger charge is 2.41. The predicted octanol–water partition coefficient (Wildman–Crippen LogP) is 0.0981. The Hall–Kier alpha value is -0.835. The quantitative estimate of drug-likeness (QED) is 0.619. The Kier molecular flexibility index (Phi) is 2.14. The second-order valence-corrected chi connectivity index (χ2v) is 4.07. The molecule has 0 amide bonds. The Balaban J connectivity index is 2.63. The first-order valence-electron chi connectivity index (χ1n) is 4.74. The molecule has 1 aromatic rings. The summed E-state index contributed by atoms with van der Waals surface area (Å²) in [7, 11) is -0.813. The van der Waals surface area contributed by atoms with Crippen LogP contribution >= 0.6 is 0 Å². The van der Waals surface area contributed by atoms with Gasteiger partial charge in [-0.1, -0.05) is 18.2 Å². The lowest BCUT2D eigenvalue weighted by atomic mass is 9.77. The SMILES string of the molecule is CC1(C)OB(O)c2cccc(CN)c21. The molecule has 0 saturated heterocycles. The molecule has 14 heavy (non-hydrogen) atoms. The van der Waals surface area contributed by atoms with Gasteiger partial charge < -0.3 is 15.4 Å². The van der Waals surface area contributed by atoms with E-state index in [1.165, 1.54) is 0 Å². The number of fused-ring (bicyclic) bond motifs is 1. The fraction of sp³-hybridized carbons (Fsp3) is 0.400. The van der Waals surface area contributed by atoms with Crippen LogP contribution in [0.5, 0.6) is 0 Å². The smallest absolute Gasteiger partial charge is 0.423 e. The van der Waals surface area contributed by atoms with E-state index >= 15 is 0 Å². The van der Waals surface area contributed by atoms with Crippen molar-refractivity contribution in [2.75, 3.05) is 0 Å². The Bertz CT molecular complexity index is 365. The van der Waals surface area contributed by atoms with Crippen LogP contribution in [0.4, 0.5) is 0 Å². The minimum Gasteiger partial charge on any atom is -0.423 e. The van der Waals surface area contributed by atoms with E-state index in [0.717, 1.165) is 16.6 Å². The molecule has 0 atom stereocenters. The highest BCUT2D eigenvalue weighted by molar-refractivity contribution is 6.62. The zero-order valence-electron chi connectivity index (χ0n) is 8.45. The molecule has 3 nitrogen and oxygen atoms in total. The largest absolute Gasteiger partial charge is 0.492 e. The summed E-state index contributed by atoms with van der Waals surface area (Å²) >= 11 is 0. The molecule has 0 radical (unpaired) electrons. The molecule has 0 unspecified atom stereocenters. The van der Waals surface area contributed by atoms with Gasteiger partial charge in [-0.2, -0.15) is 0 Å². The van der Waals surface area contributed by atoms with Gasteiger partial charge in [-0.15, -0.1) is 0 Å². The Labute approximate surface area is 84.0 Å². The highest BCUT2D eigenvalue weighted by Crippen LogP contribution is 2.31. The van der Waals surface area contributed by atoms with Crippen LogP contribution in [0, 0.1) is 0 Å². The van der Waals surface area contributed by atoms with Crippen molar-refractivity contribution in [1.82, 2.24) is 0 Å². The Morgan fingerprint density at radius 2 is 2.21 bits per heavy atom. The van der Waals surface area contributed by atoms with Crippen molar-refractivity contribution < 1.29 is 9.68 Å². The molecule has 0 aromatic heterocycles. The number of rotatable bonds is 1. The number of benzene rings is 1. The maximum absolute atomic E-state index is 9.67. The zero-order chi connectivity index (χ0) is 10.3. The summed E-state index contributed by atoms with van der Waals surface area (Å²) < 4.78 is 5.46. The minimum absolute atomic E-state index is 0.440. The van der Waals surface area contributed by atoms with E-state index in [2.05, 4.69) is 0 Å². The van der Waals surface area contributed by atoms with E-state index in [0.29, 0.717) is 6.54 Å². The summed E-state index contributed by atoms with van der Waals surface area (Å²) in [5, 5.41) is 9.67. The fourth-order valence-corrected chi connectivity index (χ4v) is 2.13. The average molecular weight is 191 g/mol. The van der Waals surface area contributed by atoms with Crippen molar-refractivity contribution in [3.63, 3.8) is 0 Å². The van der Waals surface area contributed by atoms with Gasteiger partial charge in [0.05, 0.1) is 5.60 Å². The third-order valence-corrected chi connectivity index (χ3v) is 2.68. The van der Waals surface area contributed by atoms with Crippen molar-refractivity contribution in [1.29, 1.82) is 0 Å². The maximum Gasteiger partial charge on any atom is 0.492 e. The van der Waals surface area contributed by atoms with E-state index in [9.17, 15) is 5.02 Å². The first-order valence-corrected chi connectivity index (χ1v) is 4.74. The molecule has 0 fully saturated rings. The standard InChI is InChI=1S/C10H14BNO2/c1-10(2)9-7(6-12)4-3-5-8(9)11(13)14-10/h3-5,13H,6,12H2,1-2H3. The summed E-state index contributed by atoms with van der Waals surface area (Å²) in [5.41, 5.74) is 8.14. The minimum atomic E-state index is -0.813. The molecule has 1 aliphatic rings. The van der Waals surface area contributed by atoms with Gasteiger partial charge in [0.25, 0.3) is 0 Å². The number of nitrogens with two attached hydrogens (primary N) is 1. The van der Waals surface area contributed by atoms with Gasteiger partial charge in [-0.3, -0.25) is 0 Å². The van der Waals surface area contributed by atoms with Crippen LogP contribution in [0.2, 0.25) is 0 Å². The van der Waals surface area contributed by atoms with Crippen LogP contribution in [0.1, 0.15) is 25.0 Å². The first kappa shape index (κ1) is 9.71. The van der Waals surface area contributed by atoms with E-state index in [-0.39, 0.29) is 0 Å². The molecule has 74 valence electrons. The molecule has 0 bridgehead atoms. The lowest BCUT2D eigenvalue weighted by Gasteiger charge is -2.22. The summed E-state index contributed by atoms with van der Waals surface area (Å²) in [6.45, 7) is 4.37. The van der Waals surface area contributed by atoms with Gasteiger partial charge in [-0.05, 0) is 30.4 Å². The zero-order valence-corrected chi connectivity index (χ0v) is 8.45. The number of hydrogen-bond acceptors (Lipinski definition) is 3. The lowest BCUT2D eigenvalue weighted by molar-refractivity contribution is 0.0999. The van der Waals surface area contributed by atoms with Gasteiger partial charge >= 0.3 is 7.12 Å². The molecule has 3 N–H and O–H groups in total. The van der Waals surface area contributed by atoms with Crippen LogP contribution in [0.3, 0.4) is 0 Å². The molecule has 0 saturated carbocycles. The van der Waals surface area contributed by atoms with Gasteiger partial charge in [-0.25, -0.2) is 0 Å². The summed E-state index contributed by atoms with van der Waals surface area (Å²) in [6, 6.07) is 5.75. The van der Waals surface area contributed by atoms with Crippen LogP contribution in [-0.4, -0.2) is 12.1 Å². The van der Waals surface area contributed by atoms with Crippen molar-refractivity contribution in [3.8, 4) is 0 Å². The van der Waals surface area contributed by atoms with Crippen molar-refractivity contribution >= 4 is 12.6 Å². The van der Waals surface area contributed by atoms with Gasteiger partial charge in [0, 0.05) is 6.54 Å². The molecule has 1 aliphatic heterocycles. The normalized spacial score (nSPS) is 18.4. The van der Waals surface area contributed by atoms with Gasteiger partial charge in [0.2, 0.25) is 0 Å². The van der Waals surface area contributed by atoms with E-state index < -0.39 is 12.7 Å². The summed E-state index contributed by atoms with van der Waals surface area (Å²) in [5.74, 6) is 0. The molecule has 0 spiro atoms. The second kappa shape index (κ2) is 3.09. The molecule has 1 heterocycles. The summed E-state index contributed by atoms with van der Waals surface area (Å²) in [4.78, 5) is 0. The molecular formula is C10H14BNO2. The lowest BCUT2D eigenvalue weighted by Crippen LogP contribution is -2.28. The molecule has 0 aliphatic carbocycles. The fourth-order valence-electron chi connectivity index (χ4n) is 2.13. The first-order chi connectivity index (χ1) is 6.56. The summed E-state index contributed by atoms with van der Waals surface area (Å²) in [6.07, 6.45) is 0. The van der Waals surface area contributed by atoms with E-state index in [1.54, 1.807) is 0 Å². The van der Waals surface area contributed by atoms with Crippen molar-refractivity contribution in [2.24, 2.45) is 5.73 Å². The molecule has 4 heteroatoms.